The largest absolute Gasteiger partial charge is 0.379 e. The van der Waals surface area contributed by atoms with Gasteiger partial charge in [0.15, 0.2) is 0 Å². The SMILES string of the molecule is C[C@@H]1CN(CC(=O)N2CC(C)(C)c3ncc(Cc4ccccc4F)cc32)[C@@H](CN2CCOC[C@H]2C)CN1.Cl.Cl. The van der Waals surface area contributed by atoms with E-state index >= 15 is 0 Å². The summed E-state index contributed by atoms with van der Waals surface area (Å²) in [6.45, 7) is 14.7. The Kier molecular flexibility index (Phi) is 10.8. The Hall–Kier alpha value is -1.81. The molecule has 0 radical (unpaired) electrons. The van der Waals surface area contributed by atoms with Crippen LogP contribution < -0.4 is 10.2 Å². The number of benzene rings is 1. The number of carbonyl (C=O) groups is 1. The van der Waals surface area contributed by atoms with Crippen LogP contribution in [0.4, 0.5) is 10.1 Å². The first-order valence-corrected chi connectivity index (χ1v) is 13.5. The number of carbonyl (C=O) groups excluding carboxylic acids is 1. The molecule has 2 aromatic rings. The van der Waals surface area contributed by atoms with Crippen LogP contribution >= 0.6 is 24.8 Å². The summed E-state index contributed by atoms with van der Waals surface area (Å²) < 4.78 is 19.9. The molecular formula is C29H42Cl2FN5O2. The van der Waals surface area contributed by atoms with Crippen molar-refractivity contribution >= 4 is 36.4 Å². The molecule has 1 N–H and O–H groups in total. The normalized spacial score (nSPS) is 24.9. The van der Waals surface area contributed by atoms with Crippen LogP contribution in [0.1, 0.15) is 44.5 Å². The van der Waals surface area contributed by atoms with Gasteiger partial charge in [0.1, 0.15) is 5.82 Å². The quantitative estimate of drug-likeness (QED) is 0.562. The third kappa shape index (κ3) is 7.10. The van der Waals surface area contributed by atoms with Gasteiger partial charge in [0, 0.05) is 68.9 Å². The van der Waals surface area contributed by atoms with Crippen molar-refractivity contribution in [1.82, 2.24) is 20.1 Å². The van der Waals surface area contributed by atoms with Crippen LogP contribution in [0.5, 0.6) is 0 Å². The summed E-state index contributed by atoms with van der Waals surface area (Å²) in [6.07, 6.45) is 2.28. The first-order valence-electron chi connectivity index (χ1n) is 13.5. The number of aromatic nitrogens is 1. The van der Waals surface area contributed by atoms with Gasteiger partial charge in [-0.3, -0.25) is 19.6 Å². The molecule has 3 atom stereocenters. The first kappa shape index (κ1) is 31.7. The number of morpholine rings is 1. The number of pyridine rings is 1. The van der Waals surface area contributed by atoms with E-state index in [2.05, 4.69) is 42.8 Å². The van der Waals surface area contributed by atoms with Crippen LogP contribution in [0, 0.1) is 5.82 Å². The maximum Gasteiger partial charge on any atom is 0.241 e. The van der Waals surface area contributed by atoms with Gasteiger partial charge >= 0.3 is 0 Å². The molecule has 1 aromatic heterocycles. The minimum absolute atomic E-state index is 0. The number of piperazine rings is 1. The monoisotopic (exact) mass is 581 g/mol. The first-order chi connectivity index (χ1) is 17.7. The molecule has 0 bridgehead atoms. The zero-order chi connectivity index (χ0) is 26.2. The highest BCUT2D eigenvalue weighted by atomic mass is 35.5. The Morgan fingerprint density at radius 3 is 2.72 bits per heavy atom. The van der Waals surface area contributed by atoms with E-state index in [0.717, 1.165) is 56.3 Å². The third-order valence-electron chi connectivity index (χ3n) is 8.08. The van der Waals surface area contributed by atoms with Crippen molar-refractivity contribution in [3.8, 4) is 0 Å². The molecular weight excluding hydrogens is 540 g/mol. The number of ether oxygens (including phenoxy) is 1. The molecule has 1 aromatic carbocycles. The van der Waals surface area contributed by atoms with Crippen LogP contribution in [0.2, 0.25) is 0 Å². The maximum atomic E-state index is 14.3. The van der Waals surface area contributed by atoms with Gasteiger partial charge < -0.3 is 15.0 Å². The number of hydrogen-bond acceptors (Lipinski definition) is 6. The molecule has 5 rings (SSSR count). The predicted molar refractivity (Wildman–Crippen MR) is 158 cm³/mol. The zero-order valence-electron chi connectivity index (χ0n) is 23.4. The van der Waals surface area contributed by atoms with Crippen molar-refractivity contribution < 1.29 is 13.9 Å². The number of nitrogens with one attached hydrogen (secondary N) is 1. The lowest BCUT2D eigenvalue weighted by Gasteiger charge is -2.43. The topological polar surface area (TPSA) is 60.9 Å². The molecule has 0 aliphatic carbocycles. The summed E-state index contributed by atoms with van der Waals surface area (Å²) >= 11 is 0. The maximum absolute atomic E-state index is 14.3. The molecule has 7 nitrogen and oxygen atoms in total. The summed E-state index contributed by atoms with van der Waals surface area (Å²) in [7, 11) is 0. The van der Waals surface area contributed by atoms with Crippen LogP contribution in [0.3, 0.4) is 0 Å². The van der Waals surface area contributed by atoms with E-state index in [-0.39, 0.29) is 48.0 Å². The van der Waals surface area contributed by atoms with Gasteiger partial charge in [0.2, 0.25) is 5.91 Å². The minimum Gasteiger partial charge on any atom is -0.379 e. The van der Waals surface area contributed by atoms with Crippen LogP contribution in [-0.4, -0.2) is 91.3 Å². The summed E-state index contributed by atoms with van der Waals surface area (Å²) in [5, 5.41) is 3.61. The Labute approximate surface area is 244 Å². The summed E-state index contributed by atoms with van der Waals surface area (Å²) in [4.78, 5) is 25.4. The highest BCUT2D eigenvalue weighted by Crippen LogP contribution is 2.40. The predicted octanol–water partition coefficient (Wildman–Crippen LogP) is 3.66. The zero-order valence-corrected chi connectivity index (χ0v) is 25.0. The molecule has 1 amide bonds. The fraction of sp³-hybridized carbons (Fsp3) is 0.586. The van der Waals surface area contributed by atoms with Gasteiger partial charge in [-0.15, -0.1) is 24.8 Å². The van der Waals surface area contributed by atoms with Gasteiger partial charge in [-0.2, -0.15) is 0 Å². The Morgan fingerprint density at radius 2 is 1.97 bits per heavy atom. The van der Waals surface area contributed by atoms with Crippen LogP contribution in [0.25, 0.3) is 0 Å². The standard InChI is InChI=1S/C29H40FN5O2.2ClH/c1-20-15-34(24(14-31-20)16-33-9-10-37-18-21(33)2)17-27(36)35-19-29(3,4)28-26(35)12-22(13-32-28)11-23-7-5-6-8-25(23)30;;/h5-8,12-13,20-21,24,31H,9-11,14-19H2,1-4H3;2*1H/t20-,21-,24-;;/m1../s1. The molecule has 3 aliphatic heterocycles. The van der Waals surface area contributed by atoms with Gasteiger partial charge in [-0.1, -0.05) is 32.0 Å². The minimum atomic E-state index is -0.235. The average Bonchev–Trinajstić information content (AvgIpc) is 3.14. The molecule has 2 saturated heterocycles. The Balaban J connectivity index is 0.00000210. The van der Waals surface area contributed by atoms with E-state index < -0.39 is 0 Å². The van der Waals surface area contributed by atoms with Crippen molar-refractivity contribution in [1.29, 1.82) is 0 Å². The molecule has 0 saturated carbocycles. The third-order valence-corrected chi connectivity index (χ3v) is 8.08. The lowest BCUT2D eigenvalue weighted by atomic mass is 9.91. The lowest BCUT2D eigenvalue weighted by Crippen LogP contribution is -2.62. The van der Waals surface area contributed by atoms with Crippen molar-refractivity contribution in [2.24, 2.45) is 0 Å². The molecule has 2 fully saturated rings. The fourth-order valence-corrected chi connectivity index (χ4v) is 5.93. The van der Waals surface area contributed by atoms with Crippen LogP contribution in [-0.2, 0) is 21.4 Å². The number of halogens is 3. The number of nitrogens with zero attached hydrogens (tertiary/aromatic N) is 4. The summed E-state index contributed by atoms with van der Waals surface area (Å²) in [6, 6.07) is 9.86. The van der Waals surface area contributed by atoms with Gasteiger partial charge in [0.05, 0.1) is 31.1 Å². The molecule has 0 spiro atoms. The fourth-order valence-electron chi connectivity index (χ4n) is 5.93. The van der Waals surface area contributed by atoms with E-state index in [4.69, 9.17) is 9.72 Å². The molecule has 0 unspecified atom stereocenters. The smallest absolute Gasteiger partial charge is 0.241 e. The van der Waals surface area contributed by atoms with E-state index in [1.165, 1.54) is 6.07 Å². The molecule has 10 heteroatoms. The second kappa shape index (κ2) is 13.2. The highest BCUT2D eigenvalue weighted by molar-refractivity contribution is 5.97. The summed E-state index contributed by atoms with van der Waals surface area (Å²) in [5.41, 5.74) is 3.11. The van der Waals surface area contributed by atoms with Crippen molar-refractivity contribution in [2.75, 3.05) is 57.4 Å². The van der Waals surface area contributed by atoms with Crippen molar-refractivity contribution in [3.05, 3.63) is 59.2 Å². The molecule has 4 heterocycles. The van der Waals surface area contributed by atoms with E-state index in [1.54, 1.807) is 12.1 Å². The molecule has 216 valence electrons. The van der Waals surface area contributed by atoms with E-state index in [9.17, 15) is 9.18 Å². The van der Waals surface area contributed by atoms with E-state index in [1.807, 2.05) is 23.2 Å². The molecule has 39 heavy (non-hydrogen) atoms. The van der Waals surface area contributed by atoms with Crippen LogP contribution in [0.15, 0.2) is 36.5 Å². The Bertz CT molecular complexity index is 1140. The number of rotatable bonds is 6. The number of hydrogen-bond donors (Lipinski definition) is 1. The van der Waals surface area contributed by atoms with Crippen molar-refractivity contribution in [2.45, 2.75) is 57.7 Å². The number of fused-ring (bicyclic) bond motifs is 1. The van der Waals surface area contributed by atoms with Gasteiger partial charge in [0.25, 0.3) is 0 Å². The second-order valence-electron chi connectivity index (χ2n) is 11.7. The summed E-state index contributed by atoms with van der Waals surface area (Å²) in [5.74, 6) is -0.115. The highest BCUT2D eigenvalue weighted by Gasteiger charge is 2.41. The number of anilines is 1. The average molecular weight is 583 g/mol. The second-order valence-corrected chi connectivity index (χ2v) is 11.7. The van der Waals surface area contributed by atoms with Gasteiger partial charge in [-0.25, -0.2) is 4.39 Å². The molecule has 3 aliphatic rings. The van der Waals surface area contributed by atoms with Gasteiger partial charge in [-0.05, 0) is 37.1 Å². The lowest BCUT2D eigenvalue weighted by molar-refractivity contribution is -0.121. The number of amides is 1. The Morgan fingerprint density at radius 1 is 1.21 bits per heavy atom. The van der Waals surface area contributed by atoms with Crippen molar-refractivity contribution in [3.63, 3.8) is 0 Å². The van der Waals surface area contributed by atoms with E-state index in [0.29, 0.717) is 37.2 Å².